The molecule has 0 aromatic heterocycles. The van der Waals surface area contributed by atoms with Crippen LogP contribution in [0.1, 0.15) is 51.9 Å². The lowest BCUT2D eigenvalue weighted by atomic mass is 9.85. The van der Waals surface area contributed by atoms with Crippen LogP contribution < -0.4 is 10.6 Å². The lowest BCUT2D eigenvalue weighted by Crippen LogP contribution is -2.47. The highest BCUT2D eigenvalue weighted by atomic mass is 35.5. The van der Waals surface area contributed by atoms with Gasteiger partial charge in [0.1, 0.15) is 0 Å². The Labute approximate surface area is 147 Å². The van der Waals surface area contributed by atoms with E-state index in [2.05, 4.69) is 22.5 Å². The van der Waals surface area contributed by atoms with Crippen LogP contribution in [0.15, 0.2) is 0 Å². The van der Waals surface area contributed by atoms with Gasteiger partial charge in [0, 0.05) is 18.6 Å². The zero-order valence-corrected chi connectivity index (χ0v) is 15.2. The monoisotopic (exact) mass is 351 g/mol. The standard InChI is InChI=1S/C16H29N3O.2ClH/c1-2-19-9-5-7-13(19)11-17-16(20)15-10-12-6-3-4-8-14(12)18-15;;/h12-15,18H,2-11H2,1H3,(H,17,20);2*1H. The molecule has 22 heavy (non-hydrogen) atoms. The van der Waals surface area contributed by atoms with Crippen LogP contribution in [0.2, 0.25) is 0 Å². The second-order valence-corrected chi connectivity index (χ2v) is 6.78. The van der Waals surface area contributed by atoms with Crippen LogP contribution in [0.3, 0.4) is 0 Å². The smallest absolute Gasteiger partial charge is 0.237 e. The van der Waals surface area contributed by atoms with E-state index in [-0.39, 0.29) is 36.8 Å². The van der Waals surface area contributed by atoms with Crippen LogP contribution in [0.4, 0.5) is 0 Å². The predicted molar refractivity (Wildman–Crippen MR) is 95.1 cm³/mol. The van der Waals surface area contributed by atoms with Crippen LogP contribution in [-0.4, -0.2) is 48.6 Å². The van der Waals surface area contributed by atoms with Crippen LogP contribution in [0, 0.1) is 5.92 Å². The van der Waals surface area contributed by atoms with E-state index in [1.54, 1.807) is 0 Å². The maximum atomic E-state index is 12.3. The molecule has 1 aliphatic carbocycles. The molecule has 2 heterocycles. The van der Waals surface area contributed by atoms with Crippen molar-refractivity contribution in [3.8, 4) is 0 Å². The van der Waals surface area contributed by atoms with Gasteiger partial charge in [0.2, 0.25) is 5.91 Å². The normalized spacial score (nSPS) is 34.4. The molecule has 0 aromatic rings. The first-order chi connectivity index (χ1) is 9.78. The topological polar surface area (TPSA) is 44.4 Å². The minimum atomic E-state index is 0. The Morgan fingerprint density at radius 3 is 2.68 bits per heavy atom. The summed E-state index contributed by atoms with van der Waals surface area (Å²) in [7, 11) is 0. The van der Waals surface area contributed by atoms with Crippen molar-refractivity contribution in [3.63, 3.8) is 0 Å². The molecule has 4 nitrogen and oxygen atoms in total. The number of nitrogens with zero attached hydrogens (tertiary/aromatic N) is 1. The SMILES string of the molecule is CCN1CCCC1CNC(=O)C1CC2CCCCC2N1.Cl.Cl. The van der Waals surface area contributed by atoms with Crippen LogP contribution in [0.5, 0.6) is 0 Å². The summed E-state index contributed by atoms with van der Waals surface area (Å²) < 4.78 is 0. The molecule has 1 amide bonds. The Bertz CT molecular complexity index is 342. The fourth-order valence-electron chi connectivity index (χ4n) is 4.41. The van der Waals surface area contributed by atoms with Crippen molar-refractivity contribution >= 4 is 30.7 Å². The van der Waals surface area contributed by atoms with Crippen molar-refractivity contribution in [1.82, 2.24) is 15.5 Å². The third-order valence-corrected chi connectivity index (χ3v) is 5.60. The average Bonchev–Trinajstić information content (AvgIpc) is 3.10. The number of halogens is 2. The van der Waals surface area contributed by atoms with Crippen molar-refractivity contribution < 1.29 is 4.79 Å². The molecule has 3 fully saturated rings. The molecule has 130 valence electrons. The summed E-state index contributed by atoms with van der Waals surface area (Å²) in [5, 5.41) is 6.77. The number of likely N-dealkylation sites (N-methyl/N-ethyl adjacent to an activating group) is 1. The van der Waals surface area contributed by atoms with Gasteiger partial charge in [-0.1, -0.05) is 19.8 Å². The number of carbonyl (C=O) groups is 1. The third kappa shape index (κ3) is 4.50. The van der Waals surface area contributed by atoms with Crippen molar-refractivity contribution in [1.29, 1.82) is 0 Å². The van der Waals surface area contributed by atoms with Gasteiger partial charge in [-0.05, 0) is 51.1 Å². The first-order valence-corrected chi connectivity index (χ1v) is 8.55. The zero-order valence-electron chi connectivity index (χ0n) is 13.6. The summed E-state index contributed by atoms with van der Waals surface area (Å²) in [5.74, 6) is 0.987. The molecule has 3 rings (SSSR count). The maximum absolute atomic E-state index is 12.3. The molecule has 0 radical (unpaired) electrons. The summed E-state index contributed by atoms with van der Waals surface area (Å²) in [5.41, 5.74) is 0. The summed E-state index contributed by atoms with van der Waals surface area (Å²) in [6, 6.07) is 1.24. The second kappa shape index (κ2) is 9.31. The number of rotatable bonds is 4. The van der Waals surface area contributed by atoms with E-state index in [9.17, 15) is 4.79 Å². The van der Waals surface area contributed by atoms with Gasteiger partial charge in [-0.3, -0.25) is 9.69 Å². The Morgan fingerprint density at radius 2 is 1.95 bits per heavy atom. The average molecular weight is 352 g/mol. The number of likely N-dealkylation sites (tertiary alicyclic amines) is 1. The number of amides is 1. The summed E-state index contributed by atoms with van der Waals surface area (Å²) in [6.07, 6.45) is 8.82. The molecule has 0 bridgehead atoms. The summed E-state index contributed by atoms with van der Waals surface area (Å²) in [4.78, 5) is 14.8. The largest absolute Gasteiger partial charge is 0.353 e. The van der Waals surface area contributed by atoms with Gasteiger partial charge in [0.05, 0.1) is 6.04 Å². The lowest BCUT2D eigenvalue weighted by Gasteiger charge is -2.24. The van der Waals surface area contributed by atoms with E-state index in [4.69, 9.17) is 0 Å². The molecule has 3 aliphatic rings. The molecule has 2 aliphatic heterocycles. The van der Waals surface area contributed by atoms with Gasteiger partial charge in [0.15, 0.2) is 0 Å². The predicted octanol–water partition coefficient (Wildman–Crippen LogP) is 2.35. The maximum Gasteiger partial charge on any atom is 0.237 e. The van der Waals surface area contributed by atoms with Crippen LogP contribution in [0.25, 0.3) is 0 Å². The Balaban J connectivity index is 0.00000121. The van der Waals surface area contributed by atoms with E-state index >= 15 is 0 Å². The van der Waals surface area contributed by atoms with Gasteiger partial charge in [-0.2, -0.15) is 0 Å². The zero-order chi connectivity index (χ0) is 13.9. The van der Waals surface area contributed by atoms with Crippen molar-refractivity contribution in [3.05, 3.63) is 0 Å². The number of hydrogen-bond acceptors (Lipinski definition) is 3. The van der Waals surface area contributed by atoms with E-state index in [0.29, 0.717) is 12.1 Å². The van der Waals surface area contributed by atoms with Crippen molar-refractivity contribution in [2.45, 2.75) is 70.0 Å². The van der Waals surface area contributed by atoms with E-state index in [1.165, 1.54) is 45.1 Å². The third-order valence-electron chi connectivity index (χ3n) is 5.60. The van der Waals surface area contributed by atoms with E-state index in [1.807, 2.05) is 0 Å². The van der Waals surface area contributed by atoms with Gasteiger partial charge in [-0.25, -0.2) is 0 Å². The number of nitrogens with one attached hydrogen (secondary N) is 2. The fourth-order valence-corrected chi connectivity index (χ4v) is 4.41. The van der Waals surface area contributed by atoms with Crippen LogP contribution in [-0.2, 0) is 4.79 Å². The first kappa shape index (κ1) is 20.0. The minimum Gasteiger partial charge on any atom is -0.353 e. The number of hydrogen-bond donors (Lipinski definition) is 2. The highest BCUT2D eigenvalue weighted by Crippen LogP contribution is 2.33. The highest BCUT2D eigenvalue weighted by molar-refractivity contribution is 5.85. The minimum absolute atomic E-state index is 0. The molecule has 0 spiro atoms. The van der Waals surface area contributed by atoms with E-state index < -0.39 is 0 Å². The number of carbonyl (C=O) groups excluding carboxylic acids is 1. The lowest BCUT2D eigenvalue weighted by molar-refractivity contribution is -0.123. The van der Waals surface area contributed by atoms with Crippen LogP contribution >= 0.6 is 24.8 Å². The summed E-state index contributed by atoms with van der Waals surface area (Å²) >= 11 is 0. The molecule has 4 unspecified atom stereocenters. The first-order valence-electron chi connectivity index (χ1n) is 8.55. The second-order valence-electron chi connectivity index (χ2n) is 6.78. The summed E-state index contributed by atoms with van der Waals surface area (Å²) in [6.45, 7) is 5.35. The van der Waals surface area contributed by atoms with Gasteiger partial charge in [-0.15, -0.1) is 24.8 Å². The van der Waals surface area contributed by atoms with E-state index in [0.717, 1.165) is 25.4 Å². The van der Waals surface area contributed by atoms with Gasteiger partial charge >= 0.3 is 0 Å². The fraction of sp³-hybridized carbons (Fsp3) is 0.938. The molecule has 2 saturated heterocycles. The molecular formula is C16H31Cl2N3O. The van der Waals surface area contributed by atoms with Gasteiger partial charge < -0.3 is 10.6 Å². The molecule has 1 saturated carbocycles. The Morgan fingerprint density at radius 1 is 1.18 bits per heavy atom. The molecule has 6 heteroatoms. The quantitative estimate of drug-likeness (QED) is 0.816. The van der Waals surface area contributed by atoms with Gasteiger partial charge in [0.25, 0.3) is 0 Å². The van der Waals surface area contributed by atoms with Crippen molar-refractivity contribution in [2.75, 3.05) is 19.6 Å². The van der Waals surface area contributed by atoms with Crippen molar-refractivity contribution in [2.24, 2.45) is 5.92 Å². The molecule has 0 aromatic carbocycles. The number of fused-ring (bicyclic) bond motifs is 1. The molecule has 2 N–H and O–H groups in total. The Hall–Kier alpha value is -0.0300. The highest BCUT2D eigenvalue weighted by Gasteiger charge is 2.38. The molecular weight excluding hydrogens is 321 g/mol. The Kier molecular flexibility index (Phi) is 8.47. The molecule has 4 atom stereocenters.